The van der Waals surface area contributed by atoms with Crippen LogP contribution in [0, 0.1) is 12.8 Å². The van der Waals surface area contributed by atoms with Gasteiger partial charge in [0, 0.05) is 48.7 Å². The standard InChI is InChI=1S/C38H52N4O6/c1-25-11-12-27(35(43)40-32-22-29(37(2,3)4)20-28(24-41(8)9)34(32)45-10)21-33(25)46-31-13-16-39-30(23-31)19-26-14-17-42(18-15-26)48-36(44)47-38(5,6)7/h11-13,16,20-23,26H,14-15,17-19,24H2,1-10H3,(H,40,43). The van der Waals surface area contributed by atoms with Crippen molar-refractivity contribution in [3.63, 3.8) is 0 Å². The van der Waals surface area contributed by atoms with Crippen molar-refractivity contribution in [2.45, 2.75) is 85.3 Å². The molecule has 0 atom stereocenters. The summed E-state index contributed by atoms with van der Waals surface area (Å²) >= 11 is 0. The van der Waals surface area contributed by atoms with E-state index in [0.29, 0.717) is 54.1 Å². The Hall–Kier alpha value is -4.15. The first-order chi connectivity index (χ1) is 22.5. The number of hydroxylamine groups is 2. The fourth-order valence-electron chi connectivity index (χ4n) is 5.59. The van der Waals surface area contributed by atoms with Crippen molar-refractivity contribution in [2.75, 3.05) is 39.6 Å². The van der Waals surface area contributed by atoms with Gasteiger partial charge in [0.2, 0.25) is 0 Å². The van der Waals surface area contributed by atoms with Crippen LogP contribution in [0.1, 0.15) is 87.1 Å². The summed E-state index contributed by atoms with van der Waals surface area (Å²) in [6.07, 6.45) is 3.59. The van der Waals surface area contributed by atoms with Crippen LogP contribution in [0.15, 0.2) is 48.7 Å². The molecule has 1 aliphatic heterocycles. The normalized spacial score (nSPS) is 14.5. The topological polar surface area (TPSA) is 102 Å². The lowest BCUT2D eigenvalue weighted by molar-refractivity contribution is -0.155. The van der Waals surface area contributed by atoms with Crippen molar-refractivity contribution >= 4 is 17.7 Å². The Morgan fingerprint density at radius 1 is 1.00 bits per heavy atom. The molecule has 0 bridgehead atoms. The number of methoxy groups -OCH3 is 1. The largest absolute Gasteiger partial charge is 0.528 e. The van der Waals surface area contributed by atoms with Crippen LogP contribution in [0.5, 0.6) is 17.2 Å². The van der Waals surface area contributed by atoms with Crippen molar-refractivity contribution in [1.82, 2.24) is 14.9 Å². The van der Waals surface area contributed by atoms with Gasteiger partial charge in [0.1, 0.15) is 22.8 Å². The first-order valence-electron chi connectivity index (χ1n) is 16.6. The van der Waals surface area contributed by atoms with E-state index in [9.17, 15) is 9.59 Å². The molecule has 48 heavy (non-hydrogen) atoms. The summed E-state index contributed by atoms with van der Waals surface area (Å²) in [5.74, 6) is 2.04. The summed E-state index contributed by atoms with van der Waals surface area (Å²) in [4.78, 5) is 37.7. The fraction of sp³-hybridized carbons (Fsp3) is 0.500. The highest BCUT2D eigenvalue weighted by Gasteiger charge is 2.26. The molecule has 1 amide bonds. The lowest BCUT2D eigenvalue weighted by atomic mass is 9.85. The molecule has 0 spiro atoms. The van der Waals surface area contributed by atoms with Crippen molar-refractivity contribution in [3.05, 3.63) is 76.6 Å². The number of benzene rings is 2. The zero-order valence-electron chi connectivity index (χ0n) is 30.2. The van der Waals surface area contributed by atoms with Gasteiger partial charge >= 0.3 is 6.16 Å². The summed E-state index contributed by atoms with van der Waals surface area (Å²) in [6, 6.07) is 13.4. The van der Waals surface area contributed by atoms with Crippen molar-refractivity contribution in [2.24, 2.45) is 5.92 Å². The number of hydrogen-bond donors (Lipinski definition) is 1. The summed E-state index contributed by atoms with van der Waals surface area (Å²) in [6.45, 7) is 15.8. The lowest BCUT2D eigenvalue weighted by Gasteiger charge is -2.30. The second-order valence-electron chi connectivity index (χ2n) is 14.9. The van der Waals surface area contributed by atoms with Crippen molar-refractivity contribution < 1.29 is 28.6 Å². The first-order valence-corrected chi connectivity index (χ1v) is 16.6. The Morgan fingerprint density at radius 3 is 2.33 bits per heavy atom. The number of piperidine rings is 1. The van der Waals surface area contributed by atoms with Crippen LogP contribution in [-0.2, 0) is 28.0 Å². The Bertz CT molecular complexity index is 1580. The van der Waals surface area contributed by atoms with Gasteiger partial charge in [-0.2, -0.15) is 0 Å². The van der Waals surface area contributed by atoms with Crippen LogP contribution in [0.4, 0.5) is 10.5 Å². The first kappa shape index (κ1) is 36.7. The number of hydrogen-bond acceptors (Lipinski definition) is 9. The van der Waals surface area contributed by atoms with Crippen LogP contribution in [0.2, 0.25) is 0 Å². The van der Waals surface area contributed by atoms with E-state index < -0.39 is 11.8 Å². The van der Waals surface area contributed by atoms with E-state index in [4.69, 9.17) is 19.0 Å². The van der Waals surface area contributed by atoms with Gasteiger partial charge in [-0.1, -0.05) is 32.9 Å². The van der Waals surface area contributed by atoms with Crippen LogP contribution >= 0.6 is 0 Å². The number of aryl methyl sites for hydroxylation is 1. The fourth-order valence-corrected chi connectivity index (χ4v) is 5.59. The van der Waals surface area contributed by atoms with Gasteiger partial charge in [-0.3, -0.25) is 9.78 Å². The van der Waals surface area contributed by atoms with E-state index >= 15 is 0 Å². The Labute approximate surface area is 285 Å². The number of nitrogens with one attached hydrogen (secondary N) is 1. The SMILES string of the molecule is COc1c(CN(C)C)cc(C(C)(C)C)cc1NC(=O)c1ccc(C)c(Oc2ccnc(CC3CCN(OC(=O)OC(C)(C)C)CC3)c2)c1. The van der Waals surface area contributed by atoms with Crippen molar-refractivity contribution in [1.29, 1.82) is 0 Å². The third-order valence-corrected chi connectivity index (χ3v) is 8.10. The van der Waals surface area contributed by atoms with Gasteiger partial charge in [-0.25, -0.2) is 4.79 Å². The molecule has 4 rings (SSSR count). The van der Waals surface area contributed by atoms with Gasteiger partial charge < -0.3 is 29.3 Å². The predicted molar refractivity (Wildman–Crippen MR) is 188 cm³/mol. The molecule has 260 valence electrons. The van der Waals surface area contributed by atoms with Crippen LogP contribution in [-0.4, -0.2) is 66.9 Å². The second-order valence-corrected chi connectivity index (χ2v) is 14.9. The molecule has 1 N–H and O–H groups in total. The molecule has 1 fully saturated rings. The van der Waals surface area contributed by atoms with E-state index in [1.165, 1.54) is 0 Å². The average molecular weight is 661 g/mol. The number of pyridine rings is 1. The number of ether oxygens (including phenoxy) is 3. The number of aromatic nitrogens is 1. The highest BCUT2D eigenvalue weighted by Crippen LogP contribution is 2.36. The number of carbonyl (C=O) groups excluding carboxylic acids is 2. The Kier molecular flexibility index (Phi) is 11.8. The molecule has 3 aromatic rings. The monoisotopic (exact) mass is 660 g/mol. The number of nitrogens with zero attached hydrogens (tertiary/aromatic N) is 3. The molecule has 0 unspecified atom stereocenters. The highest BCUT2D eigenvalue weighted by molar-refractivity contribution is 6.05. The molecular formula is C38H52N4O6. The van der Waals surface area contributed by atoms with Crippen molar-refractivity contribution in [3.8, 4) is 17.2 Å². The molecule has 0 saturated carbocycles. The number of amides is 1. The van der Waals surface area contributed by atoms with Gasteiger partial charge in [0.25, 0.3) is 5.91 Å². The smallest absolute Gasteiger partial charge is 0.494 e. The van der Waals surface area contributed by atoms with Gasteiger partial charge in [0.05, 0.1) is 12.8 Å². The number of carbonyl (C=O) groups is 2. The van der Waals surface area contributed by atoms with E-state index in [1.54, 1.807) is 30.5 Å². The number of anilines is 1. The molecule has 1 saturated heterocycles. The Morgan fingerprint density at radius 2 is 1.71 bits per heavy atom. The minimum Gasteiger partial charge on any atom is -0.494 e. The molecule has 1 aliphatic rings. The summed E-state index contributed by atoms with van der Waals surface area (Å²) in [7, 11) is 5.65. The maximum atomic E-state index is 13.6. The lowest BCUT2D eigenvalue weighted by Crippen LogP contribution is -2.38. The van der Waals surface area contributed by atoms with Gasteiger partial charge in [-0.05, 0) is 108 Å². The van der Waals surface area contributed by atoms with E-state index in [1.807, 2.05) is 66.1 Å². The zero-order valence-corrected chi connectivity index (χ0v) is 30.2. The van der Waals surface area contributed by atoms with Crippen LogP contribution in [0.25, 0.3) is 0 Å². The van der Waals surface area contributed by atoms with Gasteiger partial charge in [-0.15, -0.1) is 5.06 Å². The molecule has 0 radical (unpaired) electrons. The molecule has 10 heteroatoms. The maximum absolute atomic E-state index is 13.6. The Balaban J connectivity index is 1.43. The third kappa shape index (κ3) is 10.4. The summed E-state index contributed by atoms with van der Waals surface area (Å²) in [5.41, 5.74) is 4.34. The molecule has 10 nitrogen and oxygen atoms in total. The van der Waals surface area contributed by atoms with Crippen LogP contribution in [0.3, 0.4) is 0 Å². The summed E-state index contributed by atoms with van der Waals surface area (Å²) in [5, 5.41) is 4.78. The summed E-state index contributed by atoms with van der Waals surface area (Å²) < 4.78 is 17.4. The minimum atomic E-state index is -0.673. The molecule has 0 aliphatic carbocycles. The third-order valence-electron chi connectivity index (χ3n) is 8.10. The maximum Gasteiger partial charge on any atom is 0.528 e. The average Bonchev–Trinajstić information content (AvgIpc) is 2.97. The van der Waals surface area contributed by atoms with Gasteiger partial charge in [0.15, 0.2) is 0 Å². The van der Waals surface area contributed by atoms with E-state index in [2.05, 4.69) is 42.0 Å². The predicted octanol–water partition coefficient (Wildman–Crippen LogP) is 7.92. The zero-order chi connectivity index (χ0) is 35.2. The minimum absolute atomic E-state index is 0.116. The molecular weight excluding hydrogens is 608 g/mol. The quantitative estimate of drug-likeness (QED) is 0.217. The highest BCUT2D eigenvalue weighted by atomic mass is 16.8. The number of rotatable bonds is 10. The molecule has 2 aromatic carbocycles. The van der Waals surface area contributed by atoms with E-state index in [-0.39, 0.29) is 11.3 Å². The van der Waals surface area contributed by atoms with E-state index in [0.717, 1.165) is 41.6 Å². The molecule has 2 heterocycles. The van der Waals surface area contributed by atoms with Crippen LogP contribution < -0.4 is 14.8 Å². The second kappa shape index (κ2) is 15.4. The molecule has 1 aromatic heterocycles.